The molecule has 0 aromatic heterocycles. The molecule has 1 N–H and O–H groups in total. The average molecular weight is 211 g/mol. The summed E-state index contributed by atoms with van der Waals surface area (Å²) in [6, 6.07) is 0. The van der Waals surface area contributed by atoms with Gasteiger partial charge in [-0.2, -0.15) is 0 Å². The summed E-state index contributed by atoms with van der Waals surface area (Å²) in [4.78, 5) is 0. The molecule has 0 amide bonds. The monoisotopic (exact) mass is 210 g/mol. The Balaban J connectivity index is 2.65. The second-order valence-corrected chi connectivity index (χ2v) is 2.88. The predicted molar refractivity (Wildman–Crippen MR) is 45.5 cm³/mol. The number of hydrogen-bond donors (Lipinski definition) is 1. The van der Waals surface area contributed by atoms with Crippen LogP contribution in [0.5, 0.6) is 0 Å². The van der Waals surface area contributed by atoms with Gasteiger partial charge in [-0.1, -0.05) is 15.9 Å². The second-order valence-electron chi connectivity index (χ2n) is 2.09. The molecule has 0 bridgehead atoms. The highest BCUT2D eigenvalue weighted by Crippen LogP contribution is 1.94. The molecule has 0 aromatic carbocycles. The van der Waals surface area contributed by atoms with E-state index < -0.39 is 0 Å². The molecule has 0 heterocycles. The fraction of sp³-hybridized carbons (Fsp3) is 1.00. The molecule has 0 saturated heterocycles. The Morgan fingerprint density at radius 3 is 2.40 bits per heavy atom. The van der Waals surface area contributed by atoms with Crippen LogP contribution in [0.1, 0.15) is 19.3 Å². The smallest absolute Gasteiger partial charge is 0.0487 e. The van der Waals surface area contributed by atoms with Crippen molar-refractivity contribution in [2.75, 3.05) is 25.2 Å². The standard InChI is InChI=1S/C7H15BrO2/c8-4-1-2-6-10-7-3-5-9/h9H,1-7H2. The molecule has 0 fully saturated rings. The second kappa shape index (κ2) is 9.40. The summed E-state index contributed by atoms with van der Waals surface area (Å²) in [5.74, 6) is 0. The van der Waals surface area contributed by atoms with Crippen molar-refractivity contribution in [3.63, 3.8) is 0 Å². The van der Waals surface area contributed by atoms with E-state index in [0.717, 1.165) is 24.8 Å². The van der Waals surface area contributed by atoms with Crippen LogP contribution in [0.25, 0.3) is 0 Å². The lowest BCUT2D eigenvalue weighted by atomic mass is 10.4. The minimum absolute atomic E-state index is 0.235. The van der Waals surface area contributed by atoms with Crippen LogP contribution in [0.2, 0.25) is 0 Å². The lowest BCUT2D eigenvalue weighted by molar-refractivity contribution is 0.114. The van der Waals surface area contributed by atoms with Crippen LogP contribution >= 0.6 is 15.9 Å². The Hall–Kier alpha value is 0.400. The zero-order valence-corrected chi connectivity index (χ0v) is 7.77. The van der Waals surface area contributed by atoms with Crippen LogP contribution in [-0.4, -0.2) is 30.3 Å². The molecule has 0 aliphatic heterocycles. The summed E-state index contributed by atoms with van der Waals surface area (Å²) in [7, 11) is 0. The van der Waals surface area contributed by atoms with Crippen molar-refractivity contribution in [3.05, 3.63) is 0 Å². The third-order valence-corrected chi connectivity index (χ3v) is 1.68. The number of aliphatic hydroxyl groups excluding tert-OH is 1. The van der Waals surface area contributed by atoms with E-state index in [2.05, 4.69) is 15.9 Å². The highest BCUT2D eigenvalue weighted by atomic mass is 79.9. The molecule has 0 unspecified atom stereocenters. The molecule has 0 aromatic rings. The maximum atomic E-state index is 8.38. The Bertz CT molecular complexity index is 51.6. The predicted octanol–water partition coefficient (Wildman–Crippen LogP) is 1.56. The third kappa shape index (κ3) is 8.40. The summed E-state index contributed by atoms with van der Waals surface area (Å²) < 4.78 is 5.20. The number of aliphatic hydroxyl groups is 1. The van der Waals surface area contributed by atoms with Gasteiger partial charge in [-0.25, -0.2) is 0 Å². The van der Waals surface area contributed by atoms with Crippen LogP contribution in [-0.2, 0) is 4.74 Å². The van der Waals surface area contributed by atoms with Gasteiger partial charge in [0.1, 0.15) is 0 Å². The SMILES string of the molecule is OCCCOCCCCBr. The van der Waals surface area contributed by atoms with E-state index in [-0.39, 0.29) is 6.61 Å². The van der Waals surface area contributed by atoms with Crippen molar-refractivity contribution in [1.29, 1.82) is 0 Å². The normalized spacial score (nSPS) is 10.2. The van der Waals surface area contributed by atoms with Crippen LogP contribution in [0.15, 0.2) is 0 Å². The van der Waals surface area contributed by atoms with Gasteiger partial charge in [0.15, 0.2) is 0 Å². The molecule has 0 atom stereocenters. The van der Waals surface area contributed by atoms with Crippen LogP contribution in [0.3, 0.4) is 0 Å². The minimum atomic E-state index is 0.235. The Morgan fingerprint density at radius 1 is 1.10 bits per heavy atom. The van der Waals surface area contributed by atoms with Crippen molar-refractivity contribution in [2.45, 2.75) is 19.3 Å². The lowest BCUT2D eigenvalue weighted by Gasteiger charge is -2.00. The molecular weight excluding hydrogens is 196 g/mol. The quantitative estimate of drug-likeness (QED) is 0.511. The van der Waals surface area contributed by atoms with Gasteiger partial charge in [0.25, 0.3) is 0 Å². The first kappa shape index (κ1) is 10.4. The fourth-order valence-electron chi connectivity index (χ4n) is 0.567. The molecule has 0 spiro atoms. The number of alkyl halides is 1. The topological polar surface area (TPSA) is 29.5 Å². The molecule has 0 saturated carbocycles. The molecule has 0 rings (SSSR count). The summed E-state index contributed by atoms with van der Waals surface area (Å²) in [6.07, 6.45) is 3.03. The molecule has 2 nitrogen and oxygen atoms in total. The Morgan fingerprint density at radius 2 is 1.80 bits per heavy atom. The van der Waals surface area contributed by atoms with E-state index in [1.54, 1.807) is 0 Å². The van der Waals surface area contributed by atoms with Gasteiger partial charge < -0.3 is 9.84 Å². The van der Waals surface area contributed by atoms with Crippen LogP contribution in [0, 0.1) is 0 Å². The summed E-state index contributed by atoms with van der Waals surface area (Å²) in [6.45, 7) is 1.75. The van der Waals surface area contributed by atoms with Gasteiger partial charge in [0.2, 0.25) is 0 Å². The average Bonchev–Trinajstić information content (AvgIpc) is 1.97. The molecule has 0 aliphatic carbocycles. The third-order valence-electron chi connectivity index (χ3n) is 1.12. The maximum absolute atomic E-state index is 8.38. The first-order valence-electron chi connectivity index (χ1n) is 3.66. The van der Waals surface area contributed by atoms with Gasteiger partial charge >= 0.3 is 0 Å². The summed E-state index contributed by atoms with van der Waals surface area (Å²) in [5, 5.41) is 9.43. The molecule has 0 radical (unpaired) electrons. The number of halogens is 1. The molecule has 62 valence electrons. The van der Waals surface area contributed by atoms with E-state index in [1.807, 2.05) is 0 Å². The van der Waals surface area contributed by atoms with Crippen molar-refractivity contribution in [2.24, 2.45) is 0 Å². The number of hydrogen-bond acceptors (Lipinski definition) is 2. The highest BCUT2D eigenvalue weighted by Gasteiger charge is 1.87. The highest BCUT2D eigenvalue weighted by molar-refractivity contribution is 9.09. The van der Waals surface area contributed by atoms with E-state index >= 15 is 0 Å². The van der Waals surface area contributed by atoms with Gasteiger partial charge in [0.05, 0.1) is 0 Å². The van der Waals surface area contributed by atoms with E-state index in [9.17, 15) is 0 Å². The number of unbranched alkanes of at least 4 members (excludes halogenated alkanes) is 1. The first-order valence-corrected chi connectivity index (χ1v) is 4.78. The van der Waals surface area contributed by atoms with E-state index in [1.165, 1.54) is 6.42 Å². The number of rotatable bonds is 7. The molecule has 0 aliphatic rings. The van der Waals surface area contributed by atoms with Crippen LogP contribution in [0.4, 0.5) is 0 Å². The van der Waals surface area contributed by atoms with E-state index in [4.69, 9.17) is 9.84 Å². The molecule has 3 heteroatoms. The maximum Gasteiger partial charge on any atom is 0.0487 e. The fourth-order valence-corrected chi connectivity index (χ4v) is 0.964. The zero-order chi connectivity index (χ0) is 7.66. The molecular formula is C7H15BrO2. The first-order chi connectivity index (χ1) is 4.91. The van der Waals surface area contributed by atoms with Gasteiger partial charge in [-0.05, 0) is 19.3 Å². The van der Waals surface area contributed by atoms with Crippen molar-refractivity contribution in [3.8, 4) is 0 Å². The number of ether oxygens (including phenoxy) is 1. The minimum Gasteiger partial charge on any atom is -0.396 e. The van der Waals surface area contributed by atoms with Gasteiger partial charge in [-0.3, -0.25) is 0 Å². The van der Waals surface area contributed by atoms with E-state index in [0.29, 0.717) is 6.61 Å². The van der Waals surface area contributed by atoms with Crippen LogP contribution < -0.4 is 0 Å². The van der Waals surface area contributed by atoms with Gasteiger partial charge in [0, 0.05) is 25.2 Å². The van der Waals surface area contributed by atoms with Crippen molar-refractivity contribution >= 4 is 15.9 Å². The molecule has 10 heavy (non-hydrogen) atoms. The Labute approximate surface area is 70.7 Å². The van der Waals surface area contributed by atoms with Gasteiger partial charge in [-0.15, -0.1) is 0 Å². The Kier molecular flexibility index (Phi) is 9.78. The largest absolute Gasteiger partial charge is 0.396 e. The lowest BCUT2D eigenvalue weighted by Crippen LogP contribution is -1.98. The summed E-state index contributed by atoms with van der Waals surface area (Å²) >= 11 is 3.34. The summed E-state index contributed by atoms with van der Waals surface area (Å²) in [5.41, 5.74) is 0. The van der Waals surface area contributed by atoms with Crippen molar-refractivity contribution < 1.29 is 9.84 Å². The zero-order valence-electron chi connectivity index (χ0n) is 6.18. The van der Waals surface area contributed by atoms with Crippen molar-refractivity contribution in [1.82, 2.24) is 0 Å².